The molecule has 6 nitrogen and oxygen atoms in total. The lowest BCUT2D eigenvalue weighted by Gasteiger charge is -2.34. The molecule has 0 aliphatic carbocycles. The fourth-order valence-corrected chi connectivity index (χ4v) is 2.55. The molecule has 0 spiro atoms. The van der Waals surface area contributed by atoms with Gasteiger partial charge in [-0.3, -0.25) is 9.69 Å². The third-order valence-electron chi connectivity index (χ3n) is 3.79. The summed E-state index contributed by atoms with van der Waals surface area (Å²) in [6.45, 7) is 5.70. The third-order valence-corrected chi connectivity index (χ3v) is 3.79. The van der Waals surface area contributed by atoms with E-state index in [4.69, 9.17) is 4.74 Å². The lowest BCUT2D eigenvalue weighted by Crippen LogP contribution is -2.47. The van der Waals surface area contributed by atoms with Crippen LogP contribution in [0.4, 0.5) is 0 Å². The van der Waals surface area contributed by atoms with E-state index < -0.39 is 0 Å². The fourth-order valence-electron chi connectivity index (χ4n) is 2.55. The molecule has 1 amide bonds. The number of ether oxygens (including phenoxy) is 1. The molecule has 1 aliphatic rings. The zero-order valence-corrected chi connectivity index (χ0v) is 12.5. The van der Waals surface area contributed by atoms with Gasteiger partial charge in [0.2, 0.25) is 0 Å². The van der Waals surface area contributed by atoms with Crippen LogP contribution < -0.4 is 0 Å². The molecule has 0 radical (unpaired) electrons. The van der Waals surface area contributed by atoms with Crippen molar-refractivity contribution in [3.63, 3.8) is 0 Å². The second-order valence-electron chi connectivity index (χ2n) is 5.35. The van der Waals surface area contributed by atoms with Crippen molar-refractivity contribution in [2.24, 2.45) is 0 Å². The SMILES string of the molecule is C[C@H](CN(C)C(=O)c1c(O)cccc1O)N1CCOCC1. The Morgan fingerprint density at radius 2 is 1.90 bits per heavy atom. The van der Waals surface area contributed by atoms with Crippen molar-refractivity contribution in [3.05, 3.63) is 23.8 Å². The second-order valence-corrected chi connectivity index (χ2v) is 5.35. The van der Waals surface area contributed by atoms with E-state index >= 15 is 0 Å². The van der Waals surface area contributed by atoms with E-state index in [1.54, 1.807) is 7.05 Å². The number of benzene rings is 1. The summed E-state index contributed by atoms with van der Waals surface area (Å²) in [6, 6.07) is 4.48. The Labute approximate surface area is 124 Å². The predicted molar refractivity (Wildman–Crippen MR) is 78.6 cm³/mol. The molecule has 0 bridgehead atoms. The number of aromatic hydroxyl groups is 2. The normalized spacial score (nSPS) is 17.4. The number of nitrogens with zero attached hydrogens (tertiary/aromatic N) is 2. The average Bonchev–Trinajstić information content (AvgIpc) is 2.47. The topological polar surface area (TPSA) is 73.2 Å². The Hall–Kier alpha value is -1.79. The Balaban J connectivity index is 2.02. The number of phenolic OH excluding ortho intramolecular Hbond substituents is 2. The molecule has 0 aromatic heterocycles. The summed E-state index contributed by atoms with van der Waals surface area (Å²) < 4.78 is 5.31. The van der Waals surface area contributed by atoms with E-state index in [-0.39, 0.29) is 29.0 Å². The van der Waals surface area contributed by atoms with E-state index in [2.05, 4.69) is 11.8 Å². The molecular weight excluding hydrogens is 272 g/mol. The van der Waals surface area contributed by atoms with Crippen LogP contribution in [0.1, 0.15) is 17.3 Å². The predicted octanol–water partition coefficient (Wildman–Crippen LogP) is 0.890. The van der Waals surface area contributed by atoms with Crippen molar-refractivity contribution in [1.82, 2.24) is 9.80 Å². The lowest BCUT2D eigenvalue weighted by atomic mass is 10.1. The van der Waals surface area contributed by atoms with Crippen LogP contribution in [-0.4, -0.2) is 71.9 Å². The van der Waals surface area contributed by atoms with Crippen LogP contribution in [-0.2, 0) is 4.74 Å². The smallest absolute Gasteiger partial charge is 0.261 e. The van der Waals surface area contributed by atoms with Gasteiger partial charge in [-0.05, 0) is 19.1 Å². The lowest BCUT2D eigenvalue weighted by molar-refractivity contribution is 0.0142. The van der Waals surface area contributed by atoms with E-state index in [1.807, 2.05) is 0 Å². The molecule has 1 atom stereocenters. The summed E-state index contributed by atoms with van der Waals surface area (Å²) in [7, 11) is 1.67. The first-order valence-electron chi connectivity index (χ1n) is 7.09. The number of hydrogen-bond acceptors (Lipinski definition) is 5. The van der Waals surface area contributed by atoms with Gasteiger partial charge in [-0.1, -0.05) is 6.07 Å². The number of likely N-dealkylation sites (N-methyl/N-ethyl adjacent to an activating group) is 1. The Bertz CT molecular complexity index is 480. The zero-order valence-electron chi connectivity index (χ0n) is 12.5. The van der Waals surface area contributed by atoms with Crippen LogP contribution in [0, 0.1) is 0 Å². The van der Waals surface area contributed by atoms with E-state index in [0.29, 0.717) is 19.8 Å². The number of carbonyl (C=O) groups excluding carboxylic acids is 1. The van der Waals surface area contributed by atoms with Gasteiger partial charge in [0.1, 0.15) is 17.1 Å². The summed E-state index contributed by atoms with van der Waals surface area (Å²) >= 11 is 0. The molecular formula is C15H22N2O4. The van der Waals surface area contributed by atoms with Gasteiger partial charge in [-0.2, -0.15) is 0 Å². The van der Waals surface area contributed by atoms with Gasteiger partial charge in [0.25, 0.3) is 5.91 Å². The van der Waals surface area contributed by atoms with Crippen molar-refractivity contribution < 1.29 is 19.7 Å². The molecule has 0 unspecified atom stereocenters. The van der Waals surface area contributed by atoms with Crippen molar-refractivity contribution in [1.29, 1.82) is 0 Å². The van der Waals surface area contributed by atoms with Crippen LogP contribution in [0.5, 0.6) is 11.5 Å². The molecule has 1 fully saturated rings. The molecule has 1 saturated heterocycles. The van der Waals surface area contributed by atoms with Crippen molar-refractivity contribution >= 4 is 5.91 Å². The van der Waals surface area contributed by atoms with Crippen LogP contribution in [0.2, 0.25) is 0 Å². The first-order valence-corrected chi connectivity index (χ1v) is 7.09. The van der Waals surface area contributed by atoms with Crippen molar-refractivity contribution in [2.45, 2.75) is 13.0 Å². The molecule has 1 heterocycles. The minimum absolute atomic E-state index is 0.0471. The van der Waals surface area contributed by atoms with Crippen molar-refractivity contribution in [2.75, 3.05) is 39.9 Å². The van der Waals surface area contributed by atoms with Crippen LogP contribution in [0.3, 0.4) is 0 Å². The molecule has 2 rings (SSSR count). The molecule has 0 saturated carbocycles. The van der Waals surface area contributed by atoms with E-state index in [1.165, 1.54) is 23.1 Å². The average molecular weight is 294 g/mol. The summed E-state index contributed by atoms with van der Waals surface area (Å²) in [5.74, 6) is -0.789. The second kappa shape index (κ2) is 6.78. The fraction of sp³-hybridized carbons (Fsp3) is 0.533. The standard InChI is InChI=1S/C15H22N2O4/c1-11(17-6-8-21-9-7-17)10-16(2)15(20)14-12(18)4-3-5-13(14)19/h3-5,11,18-19H,6-10H2,1-2H3/t11-/m1/s1. The maximum absolute atomic E-state index is 12.4. The molecule has 1 aromatic carbocycles. The van der Waals surface area contributed by atoms with Crippen LogP contribution >= 0.6 is 0 Å². The summed E-state index contributed by atoms with van der Waals surface area (Å²) in [4.78, 5) is 16.2. The molecule has 2 N–H and O–H groups in total. The minimum atomic E-state index is -0.384. The number of amides is 1. The van der Waals surface area contributed by atoms with Gasteiger partial charge in [0.15, 0.2) is 0 Å². The zero-order chi connectivity index (χ0) is 15.4. The monoisotopic (exact) mass is 294 g/mol. The van der Waals surface area contributed by atoms with Crippen LogP contribution in [0.15, 0.2) is 18.2 Å². The highest BCUT2D eigenvalue weighted by atomic mass is 16.5. The van der Waals surface area contributed by atoms with Crippen LogP contribution in [0.25, 0.3) is 0 Å². The number of hydrogen-bond donors (Lipinski definition) is 2. The maximum Gasteiger partial charge on any atom is 0.261 e. The molecule has 6 heteroatoms. The summed E-state index contributed by atoms with van der Waals surface area (Å²) in [5, 5.41) is 19.5. The third kappa shape index (κ3) is 3.65. The summed E-state index contributed by atoms with van der Waals surface area (Å²) in [5.41, 5.74) is -0.0471. The van der Waals surface area contributed by atoms with Gasteiger partial charge < -0.3 is 19.8 Å². The number of carbonyl (C=O) groups is 1. The first-order chi connectivity index (χ1) is 10.0. The highest BCUT2D eigenvalue weighted by molar-refractivity contribution is 5.99. The highest BCUT2D eigenvalue weighted by Gasteiger charge is 2.24. The Kier molecular flexibility index (Phi) is 5.03. The van der Waals surface area contributed by atoms with E-state index in [9.17, 15) is 15.0 Å². The number of morpholine rings is 1. The van der Waals surface area contributed by atoms with Gasteiger partial charge in [-0.25, -0.2) is 0 Å². The molecule has 116 valence electrons. The Morgan fingerprint density at radius 1 is 1.33 bits per heavy atom. The van der Waals surface area contributed by atoms with Gasteiger partial charge >= 0.3 is 0 Å². The largest absolute Gasteiger partial charge is 0.507 e. The number of phenols is 2. The maximum atomic E-state index is 12.4. The molecule has 1 aromatic rings. The van der Waals surface area contributed by atoms with Gasteiger partial charge in [0.05, 0.1) is 13.2 Å². The minimum Gasteiger partial charge on any atom is -0.507 e. The number of rotatable bonds is 4. The highest BCUT2D eigenvalue weighted by Crippen LogP contribution is 2.27. The van der Waals surface area contributed by atoms with Gasteiger partial charge in [-0.15, -0.1) is 0 Å². The quantitative estimate of drug-likeness (QED) is 0.863. The first kappa shape index (κ1) is 15.6. The molecule has 21 heavy (non-hydrogen) atoms. The van der Waals surface area contributed by atoms with E-state index in [0.717, 1.165) is 13.1 Å². The Morgan fingerprint density at radius 3 is 2.48 bits per heavy atom. The summed E-state index contributed by atoms with van der Waals surface area (Å²) in [6.07, 6.45) is 0. The van der Waals surface area contributed by atoms with Gasteiger partial charge in [0, 0.05) is 32.7 Å². The van der Waals surface area contributed by atoms with Crippen molar-refractivity contribution in [3.8, 4) is 11.5 Å². The molecule has 1 aliphatic heterocycles.